The van der Waals surface area contributed by atoms with Gasteiger partial charge in [-0.2, -0.15) is 4.98 Å². The van der Waals surface area contributed by atoms with Crippen LogP contribution in [0.25, 0.3) is 0 Å². The maximum Gasteiger partial charge on any atom is 0.244 e. The number of hydrogen-bond donors (Lipinski definition) is 1. The van der Waals surface area contributed by atoms with E-state index < -0.39 is 6.04 Å². The van der Waals surface area contributed by atoms with Crippen molar-refractivity contribution in [2.75, 3.05) is 13.1 Å². The van der Waals surface area contributed by atoms with Crippen LogP contribution in [0.5, 0.6) is 0 Å². The average Bonchev–Trinajstić information content (AvgIpc) is 2.99. The molecule has 2 heterocycles. The van der Waals surface area contributed by atoms with Crippen LogP contribution >= 0.6 is 12.4 Å². The molecule has 7 heteroatoms. The highest BCUT2D eigenvalue weighted by molar-refractivity contribution is 5.85. The molecule has 0 spiro atoms. The molecule has 2 aromatic rings. The molecule has 0 aliphatic carbocycles. The van der Waals surface area contributed by atoms with Crippen LogP contribution in [0.1, 0.15) is 36.2 Å². The Morgan fingerprint density at radius 1 is 1.42 bits per heavy atom. The van der Waals surface area contributed by atoms with Gasteiger partial charge in [-0.15, -0.1) is 12.4 Å². The molecule has 1 saturated heterocycles. The van der Waals surface area contributed by atoms with Crippen LogP contribution in [0.4, 0.5) is 0 Å². The summed E-state index contributed by atoms with van der Waals surface area (Å²) in [5.74, 6) is 1.64. The van der Waals surface area contributed by atoms with Gasteiger partial charge >= 0.3 is 0 Å². The highest BCUT2D eigenvalue weighted by Gasteiger charge is 2.28. The van der Waals surface area contributed by atoms with Crippen LogP contribution in [0.15, 0.2) is 34.9 Å². The van der Waals surface area contributed by atoms with Gasteiger partial charge in [0.2, 0.25) is 11.8 Å². The fraction of sp³-hybridized carbons (Fsp3) is 0.471. The lowest BCUT2D eigenvalue weighted by Gasteiger charge is -2.34. The Labute approximate surface area is 147 Å². The maximum absolute atomic E-state index is 12.7. The summed E-state index contributed by atoms with van der Waals surface area (Å²) in [5.41, 5.74) is 6.99. The smallest absolute Gasteiger partial charge is 0.244 e. The zero-order chi connectivity index (χ0) is 16.2. The number of rotatable bonds is 4. The molecule has 130 valence electrons. The summed E-state index contributed by atoms with van der Waals surface area (Å²) in [6.07, 6.45) is 2.79. The highest BCUT2D eigenvalue weighted by atomic mass is 35.5. The first-order valence-corrected chi connectivity index (χ1v) is 8.02. The summed E-state index contributed by atoms with van der Waals surface area (Å²) in [5, 5.41) is 3.95. The van der Waals surface area contributed by atoms with Crippen molar-refractivity contribution in [2.24, 2.45) is 11.7 Å². The predicted octanol–water partition coefficient (Wildman–Crippen LogP) is 2.28. The van der Waals surface area contributed by atoms with E-state index in [1.165, 1.54) is 0 Å². The summed E-state index contributed by atoms with van der Waals surface area (Å²) in [4.78, 5) is 18.8. The average molecular weight is 351 g/mol. The number of hydrogen-bond acceptors (Lipinski definition) is 5. The quantitative estimate of drug-likeness (QED) is 0.914. The minimum atomic E-state index is -0.595. The lowest BCUT2D eigenvalue weighted by Crippen LogP contribution is -2.44. The number of aromatic nitrogens is 2. The first kappa shape index (κ1) is 18.4. The number of carbonyl (C=O) groups excluding carboxylic acids is 1. The molecular weight excluding hydrogens is 328 g/mol. The van der Waals surface area contributed by atoms with Crippen molar-refractivity contribution in [3.05, 3.63) is 47.6 Å². The molecule has 2 unspecified atom stereocenters. The van der Waals surface area contributed by atoms with Gasteiger partial charge in [-0.05, 0) is 24.3 Å². The first-order chi connectivity index (χ1) is 11.1. The number of halogens is 1. The third-order valence-corrected chi connectivity index (χ3v) is 4.30. The Morgan fingerprint density at radius 2 is 2.17 bits per heavy atom. The molecular formula is C17H23ClN4O2. The van der Waals surface area contributed by atoms with Gasteiger partial charge in [-0.1, -0.05) is 35.5 Å². The lowest BCUT2D eigenvalue weighted by molar-refractivity contribution is -0.134. The van der Waals surface area contributed by atoms with Gasteiger partial charge in [0.05, 0.1) is 0 Å². The normalized spacial score (nSPS) is 18.8. The third kappa shape index (κ3) is 4.33. The Morgan fingerprint density at radius 3 is 2.83 bits per heavy atom. The number of likely N-dealkylation sites (tertiary alicyclic amines) is 1. The predicted molar refractivity (Wildman–Crippen MR) is 92.7 cm³/mol. The van der Waals surface area contributed by atoms with Crippen LogP contribution in [-0.4, -0.2) is 34.0 Å². The van der Waals surface area contributed by atoms with Gasteiger partial charge in [-0.3, -0.25) is 4.79 Å². The Hall–Kier alpha value is -1.92. The van der Waals surface area contributed by atoms with E-state index in [0.29, 0.717) is 24.2 Å². The minimum Gasteiger partial charge on any atom is -0.341 e. The molecule has 6 nitrogen and oxygen atoms in total. The fourth-order valence-corrected chi connectivity index (χ4v) is 3.11. The van der Waals surface area contributed by atoms with Gasteiger partial charge < -0.3 is 15.2 Å². The molecule has 2 N–H and O–H groups in total. The molecule has 3 rings (SSSR count). The van der Waals surface area contributed by atoms with Crippen molar-refractivity contribution in [3.8, 4) is 0 Å². The third-order valence-electron chi connectivity index (χ3n) is 4.30. The van der Waals surface area contributed by atoms with Gasteiger partial charge in [0, 0.05) is 26.4 Å². The van der Waals surface area contributed by atoms with Crippen LogP contribution in [0.3, 0.4) is 0 Å². The highest BCUT2D eigenvalue weighted by Crippen LogP contribution is 2.22. The SMILES string of the molecule is Cc1nc(CC2CCCN(C(=O)C(N)c3ccccc3)C2)no1.Cl. The number of amides is 1. The number of nitrogens with zero attached hydrogens (tertiary/aromatic N) is 3. The standard InChI is InChI=1S/C17H22N4O2.ClH/c1-12-19-15(20-23-12)10-13-6-5-9-21(11-13)17(22)16(18)14-7-3-2-4-8-14;/h2-4,7-8,13,16H,5-6,9-11,18H2,1H3;1H. The zero-order valence-corrected chi connectivity index (χ0v) is 14.5. The second-order valence-electron chi connectivity index (χ2n) is 6.11. The topological polar surface area (TPSA) is 85.2 Å². The summed E-state index contributed by atoms with van der Waals surface area (Å²) < 4.78 is 5.01. The van der Waals surface area contributed by atoms with Crippen molar-refractivity contribution in [2.45, 2.75) is 32.2 Å². The van der Waals surface area contributed by atoms with Gasteiger partial charge in [0.15, 0.2) is 5.82 Å². The molecule has 0 bridgehead atoms. The van der Waals surface area contributed by atoms with E-state index in [4.69, 9.17) is 10.3 Å². The summed E-state index contributed by atoms with van der Waals surface area (Å²) >= 11 is 0. The van der Waals surface area contributed by atoms with Crippen molar-refractivity contribution in [1.29, 1.82) is 0 Å². The van der Waals surface area contributed by atoms with Crippen LogP contribution < -0.4 is 5.73 Å². The molecule has 1 aliphatic heterocycles. The summed E-state index contributed by atoms with van der Waals surface area (Å²) in [6, 6.07) is 8.92. The van der Waals surface area contributed by atoms with Gasteiger partial charge in [-0.25, -0.2) is 0 Å². The Kier molecular flexibility index (Phi) is 6.34. The number of nitrogens with two attached hydrogens (primary N) is 1. The second kappa shape index (κ2) is 8.26. The monoisotopic (exact) mass is 350 g/mol. The van der Waals surface area contributed by atoms with E-state index in [-0.39, 0.29) is 18.3 Å². The first-order valence-electron chi connectivity index (χ1n) is 8.02. The summed E-state index contributed by atoms with van der Waals surface area (Å²) in [6.45, 7) is 3.25. The molecule has 24 heavy (non-hydrogen) atoms. The van der Waals surface area contributed by atoms with E-state index in [1.807, 2.05) is 35.2 Å². The molecule has 1 aliphatic rings. The Balaban J connectivity index is 0.00000208. The zero-order valence-electron chi connectivity index (χ0n) is 13.7. The largest absolute Gasteiger partial charge is 0.341 e. The summed E-state index contributed by atoms with van der Waals surface area (Å²) in [7, 11) is 0. The van der Waals surface area contributed by atoms with Gasteiger partial charge in [0.1, 0.15) is 6.04 Å². The fourth-order valence-electron chi connectivity index (χ4n) is 3.11. The van der Waals surface area contributed by atoms with Crippen molar-refractivity contribution >= 4 is 18.3 Å². The Bertz CT molecular complexity index is 662. The van der Waals surface area contributed by atoms with Crippen molar-refractivity contribution in [3.63, 3.8) is 0 Å². The maximum atomic E-state index is 12.7. The van der Waals surface area contributed by atoms with Crippen molar-refractivity contribution < 1.29 is 9.32 Å². The molecule has 1 fully saturated rings. The van der Waals surface area contributed by atoms with Crippen LogP contribution in [-0.2, 0) is 11.2 Å². The number of benzene rings is 1. The number of carbonyl (C=O) groups is 1. The minimum absolute atomic E-state index is 0. The van der Waals surface area contributed by atoms with E-state index in [9.17, 15) is 4.79 Å². The van der Waals surface area contributed by atoms with Crippen LogP contribution in [0, 0.1) is 12.8 Å². The molecule has 2 atom stereocenters. The molecule has 1 amide bonds. The van der Waals surface area contributed by atoms with E-state index in [2.05, 4.69) is 10.1 Å². The molecule has 1 aromatic carbocycles. The van der Waals surface area contributed by atoms with E-state index in [1.54, 1.807) is 6.92 Å². The number of aryl methyl sites for hydroxylation is 1. The molecule has 0 radical (unpaired) electrons. The second-order valence-corrected chi connectivity index (χ2v) is 6.11. The van der Waals surface area contributed by atoms with Crippen LogP contribution in [0.2, 0.25) is 0 Å². The molecule has 1 aromatic heterocycles. The van der Waals surface area contributed by atoms with Gasteiger partial charge in [0.25, 0.3) is 0 Å². The number of piperidine rings is 1. The van der Waals surface area contributed by atoms with Crippen molar-refractivity contribution in [1.82, 2.24) is 15.0 Å². The van der Waals surface area contributed by atoms with E-state index >= 15 is 0 Å². The van der Waals surface area contributed by atoms with E-state index in [0.717, 1.165) is 31.4 Å². The lowest BCUT2D eigenvalue weighted by atomic mass is 9.93. The molecule has 0 saturated carbocycles.